The topological polar surface area (TPSA) is 57.7 Å². The van der Waals surface area contributed by atoms with Crippen molar-refractivity contribution in [2.24, 2.45) is 0 Å². The second-order valence-corrected chi connectivity index (χ2v) is 6.47. The molecule has 1 aromatic heterocycles. The molecule has 0 unspecified atom stereocenters. The Hall–Kier alpha value is -2.51. The van der Waals surface area contributed by atoms with E-state index in [9.17, 15) is 4.79 Å². The Balaban J connectivity index is 1.55. The molecule has 26 heavy (non-hydrogen) atoms. The molecule has 6 nitrogen and oxygen atoms in total. The first-order valence-corrected chi connectivity index (χ1v) is 8.92. The Morgan fingerprint density at radius 2 is 1.85 bits per heavy atom. The first-order valence-electron chi connectivity index (χ1n) is 8.52. The van der Waals surface area contributed by atoms with Gasteiger partial charge in [-0.25, -0.2) is 4.79 Å². The number of ether oxygens (including phenoxy) is 1. The number of thiocarbonyl (C=S) groups is 1. The lowest BCUT2D eigenvalue weighted by Crippen LogP contribution is -2.49. The normalized spacial score (nSPS) is 14.7. The fourth-order valence-electron chi connectivity index (χ4n) is 2.93. The zero-order chi connectivity index (χ0) is 18.4. The molecule has 0 saturated carbocycles. The fourth-order valence-corrected chi connectivity index (χ4v) is 3.22. The van der Waals surface area contributed by atoms with Gasteiger partial charge < -0.3 is 15.0 Å². The number of esters is 1. The molecule has 136 valence electrons. The molecular formula is C19H22N4O2S. The van der Waals surface area contributed by atoms with E-state index in [1.54, 1.807) is 12.1 Å². The monoisotopic (exact) mass is 370 g/mol. The number of benzene rings is 1. The quantitative estimate of drug-likeness (QED) is 0.655. The van der Waals surface area contributed by atoms with Gasteiger partial charge in [-0.2, -0.15) is 0 Å². The molecule has 1 aromatic carbocycles. The van der Waals surface area contributed by atoms with Crippen molar-refractivity contribution in [1.82, 2.24) is 14.8 Å². The van der Waals surface area contributed by atoms with Crippen LogP contribution in [0.25, 0.3) is 0 Å². The molecular weight excluding hydrogens is 348 g/mol. The van der Waals surface area contributed by atoms with Gasteiger partial charge in [0.25, 0.3) is 0 Å². The van der Waals surface area contributed by atoms with Crippen LogP contribution in [-0.2, 0) is 11.3 Å². The molecule has 7 heteroatoms. The first kappa shape index (κ1) is 18.3. The molecule has 1 aliphatic heterocycles. The number of piperazine rings is 1. The largest absolute Gasteiger partial charge is 0.465 e. The van der Waals surface area contributed by atoms with Gasteiger partial charge in [0, 0.05) is 45.1 Å². The van der Waals surface area contributed by atoms with Gasteiger partial charge in [0.2, 0.25) is 0 Å². The fraction of sp³-hybridized carbons (Fsp3) is 0.316. The average molecular weight is 370 g/mol. The van der Waals surface area contributed by atoms with Crippen LogP contribution in [0.15, 0.2) is 48.8 Å². The number of nitrogens with one attached hydrogen (secondary N) is 1. The van der Waals surface area contributed by atoms with Gasteiger partial charge in [-0.1, -0.05) is 12.1 Å². The minimum Gasteiger partial charge on any atom is -0.465 e. The van der Waals surface area contributed by atoms with E-state index in [1.807, 2.05) is 36.7 Å². The smallest absolute Gasteiger partial charge is 0.339 e. The van der Waals surface area contributed by atoms with Crippen molar-refractivity contribution in [3.8, 4) is 0 Å². The van der Waals surface area contributed by atoms with Crippen LogP contribution in [-0.4, -0.2) is 59.2 Å². The highest BCUT2D eigenvalue weighted by Crippen LogP contribution is 2.17. The maximum absolute atomic E-state index is 11.9. The van der Waals surface area contributed by atoms with Gasteiger partial charge >= 0.3 is 5.97 Å². The maximum atomic E-state index is 11.9. The van der Waals surface area contributed by atoms with E-state index in [0.717, 1.165) is 32.7 Å². The van der Waals surface area contributed by atoms with Crippen molar-refractivity contribution < 1.29 is 9.53 Å². The summed E-state index contributed by atoms with van der Waals surface area (Å²) in [5, 5.41) is 3.82. The van der Waals surface area contributed by atoms with Crippen LogP contribution in [0.3, 0.4) is 0 Å². The number of nitrogens with zero attached hydrogens (tertiary/aromatic N) is 3. The van der Waals surface area contributed by atoms with E-state index in [0.29, 0.717) is 16.4 Å². The highest BCUT2D eigenvalue weighted by molar-refractivity contribution is 7.80. The van der Waals surface area contributed by atoms with Gasteiger partial charge in [-0.15, -0.1) is 0 Å². The zero-order valence-corrected chi connectivity index (χ0v) is 15.5. The molecule has 0 spiro atoms. The van der Waals surface area contributed by atoms with Crippen molar-refractivity contribution in [1.29, 1.82) is 0 Å². The number of methoxy groups -OCH3 is 1. The second-order valence-electron chi connectivity index (χ2n) is 6.09. The summed E-state index contributed by atoms with van der Waals surface area (Å²) in [5.74, 6) is -0.377. The Morgan fingerprint density at radius 1 is 1.15 bits per heavy atom. The van der Waals surface area contributed by atoms with Crippen LogP contribution in [0.4, 0.5) is 5.69 Å². The molecule has 1 saturated heterocycles. The van der Waals surface area contributed by atoms with E-state index in [-0.39, 0.29) is 5.97 Å². The number of rotatable bonds is 4. The van der Waals surface area contributed by atoms with Crippen LogP contribution in [0, 0.1) is 0 Å². The summed E-state index contributed by atoms with van der Waals surface area (Å²) in [5.41, 5.74) is 2.42. The van der Waals surface area contributed by atoms with Crippen LogP contribution in [0.1, 0.15) is 15.9 Å². The molecule has 0 amide bonds. The lowest BCUT2D eigenvalue weighted by molar-refractivity contribution is 0.0602. The summed E-state index contributed by atoms with van der Waals surface area (Å²) >= 11 is 5.54. The number of anilines is 1. The van der Waals surface area contributed by atoms with Crippen molar-refractivity contribution in [3.05, 3.63) is 59.9 Å². The summed E-state index contributed by atoms with van der Waals surface area (Å²) in [6.07, 6.45) is 3.65. The van der Waals surface area contributed by atoms with E-state index < -0.39 is 0 Å². The first-order chi connectivity index (χ1) is 12.7. The summed E-state index contributed by atoms with van der Waals surface area (Å²) < 4.78 is 4.83. The minimum absolute atomic E-state index is 0.377. The van der Waals surface area contributed by atoms with Crippen LogP contribution in [0.2, 0.25) is 0 Å². The van der Waals surface area contributed by atoms with Crippen LogP contribution < -0.4 is 5.32 Å². The third-order valence-corrected chi connectivity index (χ3v) is 4.75. The van der Waals surface area contributed by atoms with Gasteiger partial charge in [0.1, 0.15) is 0 Å². The standard InChI is InChI=1S/C19H22N4O2S/c1-25-18(24)16-4-2-3-5-17(16)21-19(26)23-12-10-22(11-13-23)14-15-6-8-20-9-7-15/h2-9H,10-14H2,1H3,(H,21,26). The van der Waals surface area contributed by atoms with Gasteiger partial charge in [0.15, 0.2) is 5.11 Å². The SMILES string of the molecule is COC(=O)c1ccccc1NC(=S)N1CCN(Cc2ccncc2)CC1. The van der Waals surface area contributed by atoms with Gasteiger partial charge in [0.05, 0.1) is 18.4 Å². The van der Waals surface area contributed by atoms with Gasteiger partial charge in [-0.3, -0.25) is 9.88 Å². The van der Waals surface area contributed by atoms with Crippen LogP contribution in [0.5, 0.6) is 0 Å². The Kier molecular flexibility index (Phi) is 6.14. The van der Waals surface area contributed by atoms with Crippen molar-refractivity contribution >= 4 is 29.0 Å². The van der Waals surface area contributed by atoms with E-state index in [1.165, 1.54) is 12.7 Å². The second kappa shape index (κ2) is 8.73. The maximum Gasteiger partial charge on any atom is 0.339 e. The Labute approximate surface area is 158 Å². The van der Waals surface area contributed by atoms with Crippen molar-refractivity contribution in [3.63, 3.8) is 0 Å². The number of aromatic nitrogens is 1. The zero-order valence-electron chi connectivity index (χ0n) is 14.7. The number of pyridine rings is 1. The third kappa shape index (κ3) is 4.56. The van der Waals surface area contributed by atoms with E-state index in [4.69, 9.17) is 17.0 Å². The molecule has 1 fully saturated rings. The summed E-state index contributed by atoms with van der Waals surface area (Å²) in [7, 11) is 1.37. The highest BCUT2D eigenvalue weighted by Gasteiger charge is 2.20. The average Bonchev–Trinajstić information content (AvgIpc) is 2.69. The molecule has 0 atom stereocenters. The summed E-state index contributed by atoms with van der Waals surface area (Å²) in [6, 6.07) is 11.3. The number of hydrogen-bond donors (Lipinski definition) is 1. The van der Waals surface area contributed by atoms with Crippen molar-refractivity contribution in [2.75, 3.05) is 38.6 Å². The Bertz CT molecular complexity index is 761. The molecule has 0 bridgehead atoms. The lowest BCUT2D eigenvalue weighted by Gasteiger charge is -2.36. The minimum atomic E-state index is -0.377. The van der Waals surface area contributed by atoms with E-state index in [2.05, 4.69) is 20.1 Å². The molecule has 0 aliphatic carbocycles. The van der Waals surface area contributed by atoms with Gasteiger partial charge in [-0.05, 0) is 42.0 Å². The molecule has 2 heterocycles. The predicted molar refractivity (Wildman–Crippen MR) is 105 cm³/mol. The number of carbonyl (C=O) groups excluding carboxylic acids is 1. The molecule has 0 radical (unpaired) electrons. The predicted octanol–water partition coefficient (Wildman–Crippen LogP) is 2.38. The molecule has 1 aliphatic rings. The summed E-state index contributed by atoms with van der Waals surface area (Å²) in [6.45, 7) is 4.47. The molecule has 2 aromatic rings. The van der Waals surface area contributed by atoms with Crippen molar-refractivity contribution in [2.45, 2.75) is 6.54 Å². The molecule has 3 rings (SSSR count). The third-order valence-electron chi connectivity index (χ3n) is 4.39. The molecule has 1 N–H and O–H groups in total. The number of carbonyl (C=O) groups is 1. The lowest BCUT2D eigenvalue weighted by atomic mass is 10.2. The van der Waals surface area contributed by atoms with E-state index >= 15 is 0 Å². The number of para-hydroxylation sites is 1. The Morgan fingerprint density at radius 3 is 2.54 bits per heavy atom. The highest BCUT2D eigenvalue weighted by atomic mass is 32.1. The number of hydrogen-bond acceptors (Lipinski definition) is 5. The van der Waals surface area contributed by atoms with Crippen LogP contribution >= 0.6 is 12.2 Å². The summed E-state index contributed by atoms with van der Waals surface area (Å²) in [4.78, 5) is 20.5.